The second-order valence-electron chi connectivity index (χ2n) is 6.61. The van der Waals surface area contributed by atoms with Crippen LogP contribution in [0.4, 0.5) is 13.2 Å². The maximum atomic E-state index is 13.2. The Morgan fingerprint density at radius 1 is 0.950 bits per heavy atom. The first-order chi connectivity index (χ1) is 9.52. The zero-order valence-corrected chi connectivity index (χ0v) is 12.1. The number of halogens is 3. The first kappa shape index (κ1) is 16.1. The number of nitrogens with two attached hydrogens (primary N) is 1. The summed E-state index contributed by atoms with van der Waals surface area (Å²) in [4.78, 5) is 0. The van der Waals surface area contributed by atoms with Crippen LogP contribution in [0.15, 0.2) is 0 Å². The summed E-state index contributed by atoms with van der Waals surface area (Å²) in [6.07, 6.45) is 5.28. The van der Waals surface area contributed by atoms with Crippen LogP contribution < -0.4 is 11.3 Å². The molecule has 0 bridgehead atoms. The highest BCUT2D eigenvalue weighted by Gasteiger charge is 2.47. The predicted molar refractivity (Wildman–Crippen MR) is 73.8 cm³/mol. The van der Waals surface area contributed by atoms with Gasteiger partial charge in [0.25, 0.3) is 0 Å². The Morgan fingerprint density at radius 3 is 2.15 bits per heavy atom. The Hall–Kier alpha value is -0.290. The van der Waals surface area contributed by atoms with Crippen LogP contribution in [0.25, 0.3) is 0 Å². The number of hydrazine groups is 1. The van der Waals surface area contributed by atoms with Crippen molar-refractivity contribution in [3.8, 4) is 0 Å². The van der Waals surface area contributed by atoms with Gasteiger partial charge in [-0.25, -0.2) is 0 Å². The number of rotatable bonds is 4. The average Bonchev–Trinajstić information content (AvgIpc) is 2.45. The van der Waals surface area contributed by atoms with E-state index in [0.717, 1.165) is 25.7 Å². The van der Waals surface area contributed by atoms with Crippen molar-refractivity contribution in [1.82, 2.24) is 5.43 Å². The molecule has 3 N–H and O–H groups in total. The molecule has 2 rings (SSSR count). The Balaban J connectivity index is 1.99. The van der Waals surface area contributed by atoms with Gasteiger partial charge in [0.15, 0.2) is 0 Å². The summed E-state index contributed by atoms with van der Waals surface area (Å²) >= 11 is 0. The molecule has 2 nitrogen and oxygen atoms in total. The van der Waals surface area contributed by atoms with Crippen LogP contribution in [0.2, 0.25) is 0 Å². The molecule has 5 heteroatoms. The molecule has 0 heterocycles. The topological polar surface area (TPSA) is 38.0 Å². The van der Waals surface area contributed by atoms with Gasteiger partial charge in [-0.3, -0.25) is 11.3 Å². The smallest absolute Gasteiger partial charge is 0.271 e. The van der Waals surface area contributed by atoms with Gasteiger partial charge in [-0.2, -0.15) is 13.2 Å². The lowest BCUT2D eigenvalue weighted by Crippen LogP contribution is -2.49. The molecule has 118 valence electrons. The van der Waals surface area contributed by atoms with Gasteiger partial charge in [-0.1, -0.05) is 44.9 Å². The summed E-state index contributed by atoms with van der Waals surface area (Å²) in [5.74, 6) is 4.66. The maximum Gasteiger partial charge on any atom is 0.392 e. The SMILES string of the molecule is NNC(CC1CCCCC1)C1CCCCC1C(F)(F)F. The molecular weight excluding hydrogens is 265 g/mol. The summed E-state index contributed by atoms with van der Waals surface area (Å²) in [6.45, 7) is 0. The van der Waals surface area contributed by atoms with E-state index in [0.29, 0.717) is 18.8 Å². The molecule has 2 saturated carbocycles. The lowest BCUT2D eigenvalue weighted by atomic mass is 9.71. The van der Waals surface area contributed by atoms with Crippen LogP contribution in [0.3, 0.4) is 0 Å². The minimum Gasteiger partial charge on any atom is -0.271 e. The maximum absolute atomic E-state index is 13.2. The van der Waals surface area contributed by atoms with Gasteiger partial charge in [0.2, 0.25) is 0 Å². The average molecular weight is 292 g/mol. The quantitative estimate of drug-likeness (QED) is 0.603. The Morgan fingerprint density at radius 2 is 1.55 bits per heavy atom. The van der Waals surface area contributed by atoms with Gasteiger partial charge in [-0.05, 0) is 31.1 Å². The zero-order chi connectivity index (χ0) is 14.6. The minimum absolute atomic E-state index is 0.176. The van der Waals surface area contributed by atoms with Gasteiger partial charge < -0.3 is 0 Å². The fraction of sp³-hybridized carbons (Fsp3) is 1.00. The molecule has 0 aliphatic heterocycles. The first-order valence-electron chi connectivity index (χ1n) is 8.05. The van der Waals surface area contributed by atoms with Crippen LogP contribution in [-0.2, 0) is 0 Å². The van der Waals surface area contributed by atoms with Crippen LogP contribution in [0.5, 0.6) is 0 Å². The second-order valence-corrected chi connectivity index (χ2v) is 6.61. The third-order valence-electron chi connectivity index (χ3n) is 5.28. The van der Waals surface area contributed by atoms with E-state index in [1.807, 2.05) is 0 Å². The molecule has 2 aliphatic rings. The zero-order valence-electron chi connectivity index (χ0n) is 12.1. The van der Waals surface area contributed by atoms with Crippen molar-refractivity contribution < 1.29 is 13.2 Å². The van der Waals surface area contributed by atoms with E-state index in [-0.39, 0.29) is 18.4 Å². The molecule has 2 aliphatic carbocycles. The summed E-state index contributed by atoms with van der Waals surface area (Å²) in [6, 6.07) is -0.176. The van der Waals surface area contributed by atoms with Crippen LogP contribution in [-0.4, -0.2) is 12.2 Å². The van der Waals surface area contributed by atoms with Gasteiger partial charge in [0.05, 0.1) is 5.92 Å². The number of hydrogen-bond acceptors (Lipinski definition) is 2. The summed E-state index contributed by atoms with van der Waals surface area (Å²) < 4.78 is 39.6. The van der Waals surface area contributed by atoms with Crippen molar-refractivity contribution in [3.63, 3.8) is 0 Å². The van der Waals surface area contributed by atoms with E-state index in [9.17, 15) is 13.2 Å². The normalized spacial score (nSPS) is 31.2. The number of alkyl halides is 3. The predicted octanol–water partition coefficient (Wildman–Crippen LogP) is 4.16. The lowest BCUT2D eigenvalue weighted by molar-refractivity contribution is -0.199. The third kappa shape index (κ3) is 4.10. The third-order valence-corrected chi connectivity index (χ3v) is 5.28. The van der Waals surface area contributed by atoms with Crippen LogP contribution in [0, 0.1) is 17.8 Å². The molecule has 2 fully saturated rings. The summed E-state index contributed by atoms with van der Waals surface area (Å²) in [7, 11) is 0. The first-order valence-corrected chi connectivity index (χ1v) is 8.05. The van der Waals surface area contributed by atoms with Crippen molar-refractivity contribution in [2.24, 2.45) is 23.6 Å². The largest absolute Gasteiger partial charge is 0.392 e. The van der Waals surface area contributed by atoms with Crippen molar-refractivity contribution in [3.05, 3.63) is 0 Å². The molecule has 0 aromatic carbocycles. The highest BCUT2D eigenvalue weighted by atomic mass is 19.4. The molecule has 3 unspecified atom stereocenters. The van der Waals surface area contributed by atoms with Crippen molar-refractivity contribution in [1.29, 1.82) is 0 Å². The van der Waals surface area contributed by atoms with Gasteiger partial charge in [0, 0.05) is 6.04 Å². The fourth-order valence-corrected chi connectivity index (χ4v) is 4.20. The summed E-state index contributed by atoms with van der Waals surface area (Å²) in [5.41, 5.74) is 2.72. The standard InChI is InChI=1S/C15H27F3N2/c16-15(17,18)13-9-5-4-8-12(13)14(20-19)10-11-6-2-1-3-7-11/h11-14,20H,1-10,19H2. The molecule has 0 aromatic heterocycles. The second kappa shape index (κ2) is 7.12. The van der Waals surface area contributed by atoms with Gasteiger partial charge >= 0.3 is 6.18 Å². The molecule has 0 amide bonds. The fourth-order valence-electron chi connectivity index (χ4n) is 4.20. The molecule has 3 atom stereocenters. The molecule has 20 heavy (non-hydrogen) atoms. The van der Waals surface area contributed by atoms with E-state index >= 15 is 0 Å². The van der Waals surface area contributed by atoms with E-state index in [4.69, 9.17) is 5.84 Å². The monoisotopic (exact) mass is 292 g/mol. The van der Waals surface area contributed by atoms with E-state index in [1.165, 1.54) is 19.3 Å². The lowest BCUT2D eigenvalue weighted by Gasteiger charge is -2.39. The molecule has 0 aromatic rings. The van der Waals surface area contributed by atoms with Crippen LogP contribution >= 0.6 is 0 Å². The highest BCUT2D eigenvalue weighted by molar-refractivity contribution is 4.89. The van der Waals surface area contributed by atoms with Gasteiger partial charge in [-0.15, -0.1) is 0 Å². The number of hydrogen-bond donors (Lipinski definition) is 2. The summed E-state index contributed by atoms with van der Waals surface area (Å²) in [5, 5.41) is 0. The molecule has 0 spiro atoms. The molecular formula is C15H27F3N2. The van der Waals surface area contributed by atoms with E-state index in [1.54, 1.807) is 0 Å². The Kier molecular flexibility index (Phi) is 5.73. The van der Waals surface area contributed by atoms with Crippen molar-refractivity contribution >= 4 is 0 Å². The number of nitrogens with one attached hydrogen (secondary N) is 1. The Labute approximate surface area is 119 Å². The van der Waals surface area contributed by atoms with E-state index in [2.05, 4.69) is 5.43 Å². The van der Waals surface area contributed by atoms with Gasteiger partial charge in [0.1, 0.15) is 0 Å². The highest BCUT2D eigenvalue weighted by Crippen LogP contribution is 2.44. The molecule has 0 saturated heterocycles. The van der Waals surface area contributed by atoms with Crippen LogP contribution in [0.1, 0.15) is 64.2 Å². The Bertz CT molecular complexity index is 287. The molecule has 0 radical (unpaired) electrons. The van der Waals surface area contributed by atoms with E-state index < -0.39 is 12.1 Å². The van der Waals surface area contributed by atoms with Crippen molar-refractivity contribution in [2.75, 3.05) is 0 Å². The minimum atomic E-state index is -4.08. The van der Waals surface area contributed by atoms with Crippen molar-refractivity contribution in [2.45, 2.75) is 76.4 Å².